The molecule has 0 bridgehead atoms. The van der Waals surface area contributed by atoms with Gasteiger partial charge in [-0.2, -0.15) is 0 Å². The van der Waals surface area contributed by atoms with Crippen LogP contribution in [0, 0.1) is 73.0 Å². The van der Waals surface area contributed by atoms with Gasteiger partial charge in [-0.05, 0) is 36.5 Å². The molecule has 1 N–H and O–H groups in total. The molecule has 2 aliphatic heterocycles. The number of nitro benzene ring substituents is 2. The first-order valence-corrected chi connectivity index (χ1v) is 18.5. The number of aromatic hydroxyl groups is 1. The van der Waals surface area contributed by atoms with Crippen molar-refractivity contribution >= 4 is 81.3 Å². The van der Waals surface area contributed by atoms with Gasteiger partial charge >= 0.3 is 11.4 Å². The summed E-state index contributed by atoms with van der Waals surface area (Å²) in [5, 5.41) is 34.7. The van der Waals surface area contributed by atoms with E-state index in [-0.39, 0.29) is 34.0 Å². The zero-order chi connectivity index (χ0) is 44.9. The van der Waals surface area contributed by atoms with Gasteiger partial charge in [0.05, 0.1) is 41.6 Å². The lowest BCUT2D eigenvalue weighted by Crippen LogP contribution is -2.60. The van der Waals surface area contributed by atoms with E-state index in [4.69, 9.17) is 32.7 Å². The number of hydrogen-bond donors (Lipinski definition) is 1. The molecule has 320 valence electrons. The summed E-state index contributed by atoms with van der Waals surface area (Å²) in [4.78, 5) is 75.5. The predicted octanol–water partition coefficient (Wildman–Crippen LogP) is 6.30. The Hall–Kier alpha value is -6.35. The van der Waals surface area contributed by atoms with Crippen LogP contribution in [0.1, 0.15) is 18.4 Å². The van der Waals surface area contributed by atoms with Crippen LogP contribution in [0.4, 0.5) is 50.4 Å². The molecule has 0 radical (unpaired) electrons. The number of alkyl halides is 2. The molecule has 6 atom stereocenters. The van der Waals surface area contributed by atoms with E-state index in [2.05, 4.69) is 0 Å². The van der Waals surface area contributed by atoms with Gasteiger partial charge in [0, 0.05) is 32.1 Å². The maximum absolute atomic E-state index is 15.4. The van der Waals surface area contributed by atoms with E-state index in [1.165, 1.54) is 58.7 Å². The smallest absolute Gasteiger partial charge is 0.301 e. The van der Waals surface area contributed by atoms with Crippen LogP contribution < -0.4 is 24.2 Å². The molecule has 3 aromatic rings. The quantitative estimate of drug-likeness (QED) is 0.0368. The molecule has 2 aliphatic carbocycles. The Kier molecular flexibility index (Phi) is 10.3. The number of nitrogens with zero attached hydrogens (tertiary/aromatic N) is 5. The highest BCUT2D eigenvalue weighted by molar-refractivity contribution is 6.58. The van der Waals surface area contributed by atoms with E-state index in [0.29, 0.717) is 4.90 Å². The summed E-state index contributed by atoms with van der Waals surface area (Å²) in [6.45, 7) is 0. The van der Waals surface area contributed by atoms with Gasteiger partial charge in [-0.15, -0.1) is 23.2 Å². The lowest BCUT2D eigenvalue weighted by atomic mass is 9.57. The molecule has 1 saturated carbocycles. The number of carbonyl (C=O) groups is 4. The van der Waals surface area contributed by atoms with Crippen molar-refractivity contribution in [1.29, 1.82) is 0 Å². The van der Waals surface area contributed by atoms with Crippen molar-refractivity contribution in [1.82, 2.24) is 0 Å². The Morgan fingerprint density at radius 3 is 1.84 bits per heavy atom. The molecule has 3 aromatic carbocycles. The van der Waals surface area contributed by atoms with E-state index in [9.17, 15) is 57.7 Å². The van der Waals surface area contributed by atoms with Gasteiger partial charge in [0.2, 0.25) is 23.4 Å². The minimum Gasteiger partial charge on any atom is -0.502 e. The monoisotopic (exact) mass is 895 g/mol. The number of ether oxygens (including phenoxy) is 2. The number of phenolic OH excluding ortho intramolecular Hbond substituents is 1. The summed E-state index contributed by atoms with van der Waals surface area (Å²) in [6.07, 6.45) is 2.72. The maximum atomic E-state index is 15.4. The number of allylic oxidation sites excluding steroid dienone is 3. The molecule has 61 heavy (non-hydrogen) atoms. The second-order valence-electron chi connectivity index (χ2n) is 14.6. The number of anilines is 3. The predicted molar refractivity (Wildman–Crippen MR) is 204 cm³/mol. The number of carbonyl (C=O) groups excluding carboxylic acids is 4. The molecule has 4 amide bonds. The zero-order valence-electron chi connectivity index (χ0n) is 31.7. The first kappa shape index (κ1) is 42.8. The third kappa shape index (κ3) is 5.91. The molecule has 3 fully saturated rings. The average Bonchev–Trinajstić information content (AvgIpc) is 3.56. The lowest BCUT2D eigenvalue weighted by molar-refractivity contribution is -0.392. The third-order valence-electron chi connectivity index (χ3n) is 11.4. The molecule has 6 unspecified atom stereocenters. The highest BCUT2D eigenvalue weighted by atomic mass is 35.5. The van der Waals surface area contributed by atoms with Crippen molar-refractivity contribution in [2.75, 3.05) is 43.0 Å². The van der Waals surface area contributed by atoms with Crippen molar-refractivity contribution in [3.05, 3.63) is 96.9 Å². The number of fused-ring (bicyclic) bond motifs is 4. The number of imide groups is 2. The van der Waals surface area contributed by atoms with E-state index in [1.54, 1.807) is 0 Å². The molecule has 4 aliphatic rings. The van der Waals surface area contributed by atoms with Gasteiger partial charge in [-0.25, -0.2) is 31.8 Å². The first-order chi connectivity index (χ1) is 28.6. The third-order valence-corrected chi connectivity index (χ3v) is 12.8. The zero-order valence-corrected chi connectivity index (χ0v) is 33.2. The fourth-order valence-electron chi connectivity index (χ4n) is 8.74. The average molecular weight is 897 g/mol. The lowest BCUT2D eigenvalue weighted by Gasteiger charge is -2.49. The highest BCUT2D eigenvalue weighted by Gasteiger charge is 2.76. The first-order valence-electron chi connectivity index (χ1n) is 17.7. The SMILES string of the molecule is COc1cc(C=CC2C3=CCC4C(=O)N(c5cc([N+](=O)[O-])c(N(C)C)c([N+](=O)[O-])c5)C(=O)C4C3CC3(Cl)C(=O)N(c4c(F)c(F)c(F)c(F)c4F)C(=O)C23Cl)cc(OC)c1O. The summed E-state index contributed by atoms with van der Waals surface area (Å²) in [6, 6.07) is 4.19. The fourth-order valence-corrected chi connectivity index (χ4v) is 9.63. The van der Waals surface area contributed by atoms with Crippen molar-refractivity contribution in [2.45, 2.75) is 22.6 Å². The fraction of sp³-hybridized carbons (Fsp3) is 0.316. The van der Waals surface area contributed by atoms with Crippen LogP contribution in [0.25, 0.3) is 6.08 Å². The van der Waals surface area contributed by atoms with E-state index in [1.807, 2.05) is 0 Å². The van der Waals surface area contributed by atoms with Crippen LogP contribution in [0.5, 0.6) is 17.2 Å². The normalized spacial score (nSPS) is 25.7. The molecule has 0 aromatic heterocycles. The van der Waals surface area contributed by atoms with Crippen LogP contribution in [0.15, 0.2) is 42.0 Å². The van der Waals surface area contributed by atoms with Crippen molar-refractivity contribution in [2.24, 2.45) is 23.7 Å². The molecule has 2 saturated heterocycles. The molecule has 2 heterocycles. The van der Waals surface area contributed by atoms with Crippen LogP contribution in [-0.4, -0.2) is 76.6 Å². The molecule has 16 nitrogen and oxygen atoms in total. The molecular weight excluding hydrogens is 868 g/mol. The van der Waals surface area contributed by atoms with E-state index >= 15 is 8.78 Å². The molecule has 0 spiro atoms. The maximum Gasteiger partial charge on any atom is 0.301 e. The molecular formula is C38H28Cl2F5N5O11. The minimum atomic E-state index is -2.86. The summed E-state index contributed by atoms with van der Waals surface area (Å²) in [7, 11) is 5.04. The summed E-state index contributed by atoms with van der Waals surface area (Å²) < 4.78 is 84.4. The van der Waals surface area contributed by atoms with Crippen LogP contribution in [-0.2, 0) is 19.2 Å². The number of phenols is 1. The topological polar surface area (TPSA) is 203 Å². The number of rotatable bonds is 9. The van der Waals surface area contributed by atoms with Gasteiger partial charge in [0.25, 0.3) is 11.8 Å². The Labute approximate surface area is 349 Å². The van der Waals surface area contributed by atoms with Crippen molar-refractivity contribution < 1.29 is 65.6 Å². The summed E-state index contributed by atoms with van der Waals surface area (Å²) in [5.41, 5.74) is -4.39. The van der Waals surface area contributed by atoms with E-state index < -0.39 is 137 Å². The minimum absolute atomic E-state index is 0.0600. The summed E-state index contributed by atoms with van der Waals surface area (Å²) >= 11 is 14.2. The second kappa shape index (κ2) is 14.7. The highest BCUT2D eigenvalue weighted by Crippen LogP contribution is 2.64. The van der Waals surface area contributed by atoms with E-state index in [0.717, 1.165) is 17.0 Å². The van der Waals surface area contributed by atoms with Gasteiger partial charge in [-0.3, -0.25) is 39.4 Å². The number of hydrogen-bond acceptors (Lipinski definition) is 12. The Bertz CT molecular complexity index is 2520. The van der Waals surface area contributed by atoms with Crippen LogP contribution in [0.3, 0.4) is 0 Å². The Balaban J connectivity index is 1.41. The van der Waals surface area contributed by atoms with Gasteiger partial charge < -0.3 is 19.5 Å². The Morgan fingerprint density at radius 1 is 0.820 bits per heavy atom. The number of nitro groups is 2. The molecule has 23 heteroatoms. The van der Waals surface area contributed by atoms with Crippen molar-refractivity contribution in [3.63, 3.8) is 0 Å². The molecule has 7 rings (SSSR count). The van der Waals surface area contributed by atoms with Gasteiger partial charge in [0.15, 0.2) is 50.2 Å². The van der Waals surface area contributed by atoms with Gasteiger partial charge in [-0.1, -0.05) is 23.8 Å². The number of benzene rings is 3. The van der Waals surface area contributed by atoms with Crippen LogP contribution in [0.2, 0.25) is 0 Å². The number of methoxy groups -OCH3 is 2. The Morgan fingerprint density at radius 2 is 1.34 bits per heavy atom. The summed E-state index contributed by atoms with van der Waals surface area (Å²) in [5.74, 6) is -24.8. The largest absolute Gasteiger partial charge is 0.502 e. The second-order valence-corrected chi connectivity index (χ2v) is 15.9. The standard InChI is InChI=1S/C38H28Cl2F5N5O11/c1-46(2)30-20(49(56)57)11-15(12-21(30)50(58)59)47-33(52)17-7-6-16-18(24(17)34(47)53)13-37(39)35(54)48(31-28(44)26(42)25(41)27(43)29(31)45)36(55)38(37,40)19(16)8-5-14-9-22(60-3)32(51)23(10-14)61-4/h5-6,8-12,17-19,24,51H,7,13H2,1-4H3. The number of halogens is 7. The van der Waals surface area contributed by atoms with Crippen LogP contribution >= 0.6 is 23.2 Å². The van der Waals surface area contributed by atoms with Crippen molar-refractivity contribution in [3.8, 4) is 17.2 Å². The van der Waals surface area contributed by atoms with Gasteiger partial charge in [0.1, 0.15) is 5.69 Å². The number of amides is 4.